The van der Waals surface area contributed by atoms with Crippen LogP contribution in [0.25, 0.3) is 0 Å². The fourth-order valence-corrected chi connectivity index (χ4v) is 3.28. The van der Waals surface area contributed by atoms with Gasteiger partial charge in [0.1, 0.15) is 0 Å². The lowest BCUT2D eigenvalue weighted by Crippen LogP contribution is -2.41. The Hall–Kier alpha value is -1.06. The van der Waals surface area contributed by atoms with Crippen LogP contribution in [0.3, 0.4) is 0 Å². The maximum absolute atomic E-state index is 12.3. The van der Waals surface area contributed by atoms with Crippen LogP contribution in [-0.2, 0) is 9.59 Å². The van der Waals surface area contributed by atoms with Crippen molar-refractivity contribution in [3.05, 3.63) is 0 Å². The summed E-state index contributed by atoms with van der Waals surface area (Å²) in [6.45, 7) is 0. The number of nitrogens with zero attached hydrogens (tertiary/aromatic N) is 1. The minimum absolute atomic E-state index is 0.0572. The number of rotatable bonds is 3. The van der Waals surface area contributed by atoms with Gasteiger partial charge in [-0.25, -0.2) is 0 Å². The Kier molecular flexibility index (Phi) is 3.69. The van der Waals surface area contributed by atoms with E-state index >= 15 is 0 Å². The first-order valence-electron chi connectivity index (χ1n) is 6.60. The van der Waals surface area contributed by atoms with Crippen LogP contribution in [-0.4, -0.2) is 35.0 Å². The molecule has 0 radical (unpaired) electrons. The number of carbonyl (C=O) groups is 2. The quantitative estimate of drug-likeness (QED) is 0.818. The molecule has 0 aliphatic heterocycles. The van der Waals surface area contributed by atoms with Crippen LogP contribution in [0, 0.1) is 11.8 Å². The van der Waals surface area contributed by atoms with Crippen LogP contribution >= 0.6 is 0 Å². The number of hydrogen-bond donors (Lipinski definition) is 1. The summed E-state index contributed by atoms with van der Waals surface area (Å²) < 4.78 is 0. The van der Waals surface area contributed by atoms with E-state index in [1.165, 1.54) is 12.8 Å². The van der Waals surface area contributed by atoms with E-state index in [-0.39, 0.29) is 11.8 Å². The fraction of sp³-hybridized carbons (Fsp3) is 0.846. The van der Waals surface area contributed by atoms with Crippen molar-refractivity contribution in [3.8, 4) is 0 Å². The smallest absolute Gasteiger partial charge is 0.307 e. The van der Waals surface area contributed by atoms with Crippen molar-refractivity contribution in [3.63, 3.8) is 0 Å². The highest BCUT2D eigenvalue weighted by atomic mass is 16.4. The van der Waals surface area contributed by atoms with Crippen molar-refractivity contribution in [2.75, 3.05) is 7.05 Å². The van der Waals surface area contributed by atoms with Gasteiger partial charge in [-0.15, -0.1) is 0 Å². The number of amides is 1. The first kappa shape index (κ1) is 12.4. The predicted molar refractivity (Wildman–Crippen MR) is 63.5 cm³/mol. The molecule has 0 heterocycles. The van der Waals surface area contributed by atoms with E-state index in [1.54, 1.807) is 0 Å². The Labute approximate surface area is 102 Å². The molecule has 4 heteroatoms. The molecule has 2 saturated carbocycles. The van der Waals surface area contributed by atoms with Crippen LogP contribution < -0.4 is 0 Å². The van der Waals surface area contributed by atoms with Crippen molar-refractivity contribution in [2.24, 2.45) is 11.8 Å². The van der Waals surface area contributed by atoms with Crippen molar-refractivity contribution >= 4 is 11.9 Å². The van der Waals surface area contributed by atoms with E-state index in [0.29, 0.717) is 12.5 Å². The van der Waals surface area contributed by atoms with Crippen LogP contribution in [0.4, 0.5) is 0 Å². The van der Waals surface area contributed by atoms with Gasteiger partial charge in [-0.3, -0.25) is 9.59 Å². The molecule has 2 atom stereocenters. The fourth-order valence-electron chi connectivity index (χ4n) is 3.28. The molecule has 0 unspecified atom stereocenters. The van der Waals surface area contributed by atoms with E-state index in [0.717, 1.165) is 25.7 Å². The summed E-state index contributed by atoms with van der Waals surface area (Å²) in [7, 11) is 1.84. The van der Waals surface area contributed by atoms with Gasteiger partial charge in [0.05, 0.1) is 11.8 Å². The minimum atomic E-state index is -0.805. The average molecular weight is 239 g/mol. The van der Waals surface area contributed by atoms with Crippen LogP contribution in [0.5, 0.6) is 0 Å². The number of carboxylic acids is 1. The highest BCUT2D eigenvalue weighted by Gasteiger charge is 2.40. The second kappa shape index (κ2) is 5.07. The first-order chi connectivity index (χ1) is 8.11. The van der Waals surface area contributed by atoms with Gasteiger partial charge in [0.15, 0.2) is 0 Å². The van der Waals surface area contributed by atoms with Crippen molar-refractivity contribution < 1.29 is 14.7 Å². The normalized spacial score (nSPS) is 29.5. The molecular formula is C13H21NO3. The molecule has 96 valence electrons. The van der Waals surface area contributed by atoms with Gasteiger partial charge in [-0.05, 0) is 25.7 Å². The molecule has 2 fully saturated rings. The summed E-state index contributed by atoms with van der Waals surface area (Å²) in [4.78, 5) is 25.2. The molecule has 0 aromatic rings. The molecule has 0 bridgehead atoms. The SMILES string of the molecule is CN(C(=O)[C@@H]1CCC[C@@H]1C(=O)O)C1CCCC1. The first-order valence-corrected chi connectivity index (χ1v) is 6.60. The lowest BCUT2D eigenvalue weighted by molar-refractivity contribution is -0.149. The third-order valence-electron chi connectivity index (χ3n) is 4.37. The Balaban J connectivity index is 2.00. The van der Waals surface area contributed by atoms with E-state index in [9.17, 15) is 9.59 Å². The third-order valence-corrected chi connectivity index (χ3v) is 4.37. The van der Waals surface area contributed by atoms with Gasteiger partial charge >= 0.3 is 5.97 Å². The molecular weight excluding hydrogens is 218 g/mol. The van der Waals surface area contributed by atoms with Crippen LogP contribution in [0.2, 0.25) is 0 Å². The highest BCUT2D eigenvalue weighted by molar-refractivity contribution is 5.85. The summed E-state index contributed by atoms with van der Waals surface area (Å²) in [5.74, 6) is -1.48. The zero-order valence-corrected chi connectivity index (χ0v) is 10.4. The molecule has 17 heavy (non-hydrogen) atoms. The van der Waals surface area contributed by atoms with Gasteiger partial charge in [0, 0.05) is 13.1 Å². The van der Waals surface area contributed by atoms with Gasteiger partial charge in [-0.2, -0.15) is 0 Å². The summed E-state index contributed by atoms with van der Waals surface area (Å²) in [5.41, 5.74) is 0. The standard InChI is InChI=1S/C13H21NO3/c1-14(9-5-2-3-6-9)12(15)10-7-4-8-11(10)13(16)17/h9-11H,2-8H2,1H3,(H,16,17)/t10-,11+/m1/s1. The molecule has 0 saturated heterocycles. The van der Waals surface area contributed by atoms with E-state index in [2.05, 4.69) is 0 Å². The van der Waals surface area contributed by atoms with Gasteiger partial charge < -0.3 is 10.0 Å². The maximum atomic E-state index is 12.3. The molecule has 0 spiro atoms. The summed E-state index contributed by atoms with van der Waals surface area (Å²) in [6, 6.07) is 0.345. The number of carbonyl (C=O) groups excluding carboxylic acids is 1. The molecule has 4 nitrogen and oxygen atoms in total. The van der Waals surface area contributed by atoms with Crippen LogP contribution in [0.15, 0.2) is 0 Å². The lowest BCUT2D eigenvalue weighted by Gasteiger charge is -2.28. The topological polar surface area (TPSA) is 57.6 Å². The Bertz CT molecular complexity index is 310. The molecule has 0 aromatic heterocycles. The second-order valence-corrected chi connectivity index (χ2v) is 5.37. The number of hydrogen-bond acceptors (Lipinski definition) is 2. The second-order valence-electron chi connectivity index (χ2n) is 5.37. The average Bonchev–Trinajstić information content (AvgIpc) is 2.97. The molecule has 2 aliphatic rings. The van der Waals surface area contributed by atoms with E-state index in [1.807, 2.05) is 11.9 Å². The maximum Gasteiger partial charge on any atom is 0.307 e. The van der Waals surface area contributed by atoms with E-state index < -0.39 is 11.9 Å². The van der Waals surface area contributed by atoms with Gasteiger partial charge in [-0.1, -0.05) is 19.3 Å². The monoisotopic (exact) mass is 239 g/mol. The van der Waals surface area contributed by atoms with E-state index in [4.69, 9.17) is 5.11 Å². The molecule has 1 amide bonds. The largest absolute Gasteiger partial charge is 0.481 e. The Morgan fingerprint density at radius 1 is 1.00 bits per heavy atom. The zero-order chi connectivity index (χ0) is 12.4. The number of carboxylic acid groups (broad SMARTS) is 1. The molecule has 1 N–H and O–H groups in total. The predicted octanol–water partition coefficient (Wildman–Crippen LogP) is 1.89. The Morgan fingerprint density at radius 2 is 1.59 bits per heavy atom. The number of aliphatic carboxylic acids is 1. The zero-order valence-electron chi connectivity index (χ0n) is 10.4. The lowest BCUT2D eigenvalue weighted by atomic mass is 9.94. The summed E-state index contributed by atoms with van der Waals surface area (Å²) in [5, 5.41) is 9.11. The minimum Gasteiger partial charge on any atom is -0.481 e. The molecule has 2 rings (SSSR count). The molecule has 2 aliphatic carbocycles. The van der Waals surface area contributed by atoms with Crippen LogP contribution in [0.1, 0.15) is 44.9 Å². The van der Waals surface area contributed by atoms with Crippen molar-refractivity contribution in [2.45, 2.75) is 51.0 Å². The highest BCUT2D eigenvalue weighted by Crippen LogP contribution is 2.34. The van der Waals surface area contributed by atoms with Gasteiger partial charge in [0.25, 0.3) is 0 Å². The summed E-state index contributed by atoms with van der Waals surface area (Å²) >= 11 is 0. The van der Waals surface area contributed by atoms with Gasteiger partial charge in [0.2, 0.25) is 5.91 Å². The van der Waals surface area contributed by atoms with Crippen molar-refractivity contribution in [1.29, 1.82) is 0 Å². The summed E-state index contributed by atoms with van der Waals surface area (Å²) in [6.07, 6.45) is 6.80. The third kappa shape index (κ3) is 2.45. The van der Waals surface area contributed by atoms with Crippen molar-refractivity contribution in [1.82, 2.24) is 4.90 Å². The molecule has 0 aromatic carbocycles. The Morgan fingerprint density at radius 3 is 2.18 bits per heavy atom.